The van der Waals surface area contributed by atoms with Crippen molar-refractivity contribution >= 4 is 0 Å². The summed E-state index contributed by atoms with van der Waals surface area (Å²) < 4.78 is 21.5. The first kappa shape index (κ1) is 12.9. The summed E-state index contributed by atoms with van der Waals surface area (Å²) >= 11 is 0. The summed E-state index contributed by atoms with van der Waals surface area (Å²) in [6, 6.07) is -0.173. The third kappa shape index (κ3) is 2.68. The smallest absolute Gasteiger partial charge is 0.113 e. The van der Waals surface area contributed by atoms with Crippen LogP contribution >= 0.6 is 0 Å². The molecule has 0 saturated carbocycles. The Morgan fingerprint density at radius 1 is 1.13 bits per heavy atom. The Morgan fingerprint density at radius 2 is 1.73 bits per heavy atom. The minimum Gasteiger partial charge on any atom is -0.382 e. The molecule has 0 amide bonds. The average molecular weight is 219 g/mol. The minimum absolute atomic E-state index is 0.0542. The molecule has 5 atom stereocenters. The van der Waals surface area contributed by atoms with Crippen LogP contribution in [0.1, 0.15) is 6.92 Å². The van der Waals surface area contributed by atoms with Crippen molar-refractivity contribution in [2.45, 2.75) is 37.4 Å². The van der Waals surface area contributed by atoms with E-state index in [0.29, 0.717) is 6.61 Å². The number of rotatable bonds is 4. The van der Waals surface area contributed by atoms with Gasteiger partial charge in [0, 0.05) is 21.3 Å². The van der Waals surface area contributed by atoms with Crippen LogP contribution in [-0.2, 0) is 18.9 Å². The maximum Gasteiger partial charge on any atom is 0.113 e. The zero-order chi connectivity index (χ0) is 11.4. The summed E-state index contributed by atoms with van der Waals surface area (Å²) in [5.41, 5.74) is 5.99. The van der Waals surface area contributed by atoms with E-state index in [9.17, 15) is 0 Å². The van der Waals surface area contributed by atoms with Gasteiger partial charge in [0.05, 0.1) is 18.8 Å². The first-order valence-electron chi connectivity index (χ1n) is 5.11. The van der Waals surface area contributed by atoms with Crippen molar-refractivity contribution in [1.29, 1.82) is 0 Å². The summed E-state index contributed by atoms with van der Waals surface area (Å²) in [4.78, 5) is 0. The molecule has 0 aromatic carbocycles. The highest BCUT2D eigenvalue weighted by Gasteiger charge is 2.43. The fraction of sp³-hybridized carbons (Fsp3) is 1.00. The van der Waals surface area contributed by atoms with Crippen molar-refractivity contribution in [3.63, 3.8) is 0 Å². The quantitative estimate of drug-likeness (QED) is 0.708. The summed E-state index contributed by atoms with van der Waals surface area (Å²) in [6.07, 6.45) is -0.513. The highest BCUT2D eigenvalue weighted by atomic mass is 16.6. The molecule has 1 aliphatic heterocycles. The highest BCUT2D eigenvalue weighted by Crippen LogP contribution is 2.23. The van der Waals surface area contributed by atoms with Crippen LogP contribution in [0.3, 0.4) is 0 Å². The number of hydrogen-bond donors (Lipinski definition) is 1. The molecule has 0 aromatic rings. The fourth-order valence-corrected chi connectivity index (χ4v) is 2.02. The standard InChI is InChI=1S/C10H21NO4/c1-6-8(11)10(14-4)9(13-3)7(15-6)5-12-2/h6-10H,5,11H2,1-4H3/t6?,7?,8?,9-,10-/m1/s1. The Hall–Kier alpha value is -0.200. The van der Waals surface area contributed by atoms with Gasteiger partial charge in [0.1, 0.15) is 18.3 Å². The second kappa shape index (κ2) is 5.77. The van der Waals surface area contributed by atoms with E-state index in [4.69, 9.17) is 24.7 Å². The molecule has 90 valence electrons. The van der Waals surface area contributed by atoms with Crippen LogP contribution in [0, 0.1) is 0 Å². The van der Waals surface area contributed by atoms with Gasteiger partial charge in [-0.15, -0.1) is 0 Å². The highest BCUT2D eigenvalue weighted by molar-refractivity contribution is 4.94. The molecule has 1 heterocycles. The average Bonchev–Trinajstić information content (AvgIpc) is 2.23. The van der Waals surface area contributed by atoms with E-state index < -0.39 is 0 Å². The zero-order valence-electron chi connectivity index (χ0n) is 9.80. The predicted molar refractivity (Wildman–Crippen MR) is 55.8 cm³/mol. The van der Waals surface area contributed by atoms with Gasteiger partial charge in [0.25, 0.3) is 0 Å². The predicted octanol–water partition coefficient (Wildman–Crippen LogP) is -0.223. The maximum absolute atomic E-state index is 5.99. The van der Waals surface area contributed by atoms with Gasteiger partial charge in [-0.1, -0.05) is 0 Å². The second-order valence-corrected chi connectivity index (χ2v) is 3.81. The van der Waals surface area contributed by atoms with E-state index in [2.05, 4.69) is 0 Å². The first-order chi connectivity index (χ1) is 7.15. The summed E-state index contributed by atoms with van der Waals surface area (Å²) in [6.45, 7) is 2.42. The molecule has 1 saturated heterocycles. The molecule has 5 nitrogen and oxygen atoms in total. The molecule has 5 heteroatoms. The Labute approximate surface area is 90.8 Å². The molecule has 1 fully saturated rings. The van der Waals surface area contributed by atoms with Crippen LogP contribution in [0.5, 0.6) is 0 Å². The van der Waals surface area contributed by atoms with Crippen molar-refractivity contribution in [2.24, 2.45) is 5.73 Å². The van der Waals surface area contributed by atoms with Gasteiger partial charge >= 0.3 is 0 Å². The lowest BCUT2D eigenvalue weighted by Crippen LogP contribution is -2.62. The molecular weight excluding hydrogens is 198 g/mol. The van der Waals surface area contributed by atoms with E-state index in [1.165, 1.54) is 0 Å². The topological polar surface area (TPSA) is 62.9 Å². The number of methoxy groups -OCH3 is 3. The summed E-state index contributed by atoms with van der Waals surface area (Å²) in [5.74, 6) is 0. The Kier molecular flexibility index (Phi) is 4.95. The van der Waals surface area contributed by atoms with Crippen molar-refractivity contribution in [1.82, 2.24) is 0 Å². The van der Waals surface area contributed by atoms with E-state index in [1.54, 1.807) is 21.3 Å². The molecule has 3 unspecified atom stereocenters. The lowest BCUT2D eigenvalue weighted by molar-refractivity contribution is -0.202. The molecule has 0 bridgehead atoms. The molecule has 1 rings (SSSR count). The Bertz CT molecular complexity index is 190. The van der Waals surface area contributed by atoms with Crippen LogP contribution < -0.4 is 5.73 Å². The molecular formula is C10H21NO4. The number of nitrogens with two attached hydrogens (primary N) is 1. The lowest BCUT2D eigenvalue weighted by atomic mass is 9.94. The van der Waals surface area contributed by atoms with Crippen LogP contribution in [0.4, 0.5) is 0 Å². The van der Waals surface area contributed by atoms with Crippen LogP contribution in [0.2, 0.25) is 0 Å². The van der Waals surface area contributed by atoms with Gasteiger partial charge in [-0.25, -0.2) is 0 Å². The number of hydrogen-bond acceptors (Lipinski definition) is 5. The van der Waals surface area contributed by atoms with Gasteiger partial charge < -0.3 is 24.7 Å². The third-order valence-corrected chi connectivity index (χ3v) is 2.88. The Balaban J connectivity index is 2.73. The van der Waals surface area contributed by atoms with E-state index in [0.717, 1.165) is 0 Å². The van der Waals surface area contributed by atoms with Gasteiger partial charge in [-0.05, 0) is 6.92 Å². The van der Waals surface area contributed by atoms with E-state index in [-0.39, 0.29) is 30.5 Å². The molecule has 1 aliphatic rings. The lowest BCUT2D eigenvalue weighted by Gasteiger charge is -2.43. The van der Waals surface area contributed by atoms with Crippen LogP contribution in [0.25, 0.3) is 0 Å². The SMILES string of the molecule is COCC1OC(C)C(N)[C@@H](OC)[C@@H]1OC. The normalized spacial score (nSPS) is 41.8. The van der Waals surface area contributed by atoms with Crippen molar-refractivity contribution < 1.29 is 18.9 Å². The van der Waals surface area contributed by atoms with Crippen LogP contribution in [0.15, 0.2) is 0 Å². The molecule has 0 aromatic heterocycles. The molecule has 0 radical (unpaired) electrons. The fourth-order valence-electron chi connectivity index (χ4n) is 2.02. The molecule has 15 heavy (non-hydrogen) atoms. The second-order valence-electron chi connectivity index (χ2n) is 3.81. The zero-order valence-corrected chi connectivity index (χ0v) is 9.80. The maximum atomic E-state index is 5.99. The number of ether oxygens (including phenoxy) is 4. The van der Waals surface area contributed by atoms with Gasteiger partial charge in [-0.2, -0.15) is 0 Å². The van der Waals surface area contributed by atoms with Crippen molar-refractivity contribution in [3.05, 3.63) is 0 Å². The largest absolute Gasteiger partial charge is 0.382 e. The van der Waals surface area contributed by atoms with Crippen molar-refractivity contribution in [3.8, 4) is 0 Å². The van der Waals surface area contributed by atoms with Crippen LogP contribution in [-0.4, -0.2) is 58.4 Å². The monoisotopic (exact) mass is 219 g/mol. The van der Waals surface area contributed by atoms with Crippen molar-refractivity contribution in [2.75, 3.05) is 27.9 Å². The molecule has 0 aliphatic carbocycles. The first-order valence-corrected chi connectivity index (χ1v) is 5.11. The van der Waals surface area contributed by atoms with E-state index in [1.807, 2.05) is 6.92 Å². The molecule has 0 spiro atoms. The third-order valence-electron chi connectivity index (χ3n) is 2.88. The summed E-state index contributed by atoms with van der Waals surface area (Å²) in [5, 5.41) is 0. The van der Waals surface area contributed by atoms with Gasteiger partial charge in [0.2, 0.25) is 0 Å². The molecule has 2 N–H and O–H groups in total. The van der Waals surface area contributed by atoms with Gasteiger partial charge in [0.15, 0.2) is 0 Å². The van der Waals surface area contributed by atoms with E-state index >= 15 is 0 Å². The van der Waals surface area contributed by atoms with Gasteiger partial charge in [-0.3, -0.25) is 0 Å². The summed E-state index contributed by atoms with van der Waals surface area (Å²) in [7, 11) is 4.90. The Morgan fingerprint density at radius 3 is 2.20 bits per heavy atom. The minimum atomic E-state index is -0.179.